The number of ether oxygens (including phenoxy) is 2. The molecule has 0 spiro atoms. The summed E-state index contributed by atoms with van der Waals surface area (Å²) < 4.78 is 12.0. The van der Waals surface area contributed by atoms with E-state index >= 15 is 0 Å². The smallest absolute Gasteiger partial charge is 0.123 e. The summed E-state index contributed by atoms with van der Waals surface area (Å²) in [7, 11) is 0. The quantitative estimate of drug-likeness (QED) is 0.418. The van der Waals surface area contributed by atoms with Crippen molar-refractivity contribution in [3.63, 3.8) is 0 Å². The fourth-order valence-electron chi connectivity index (χ4n) is 4.67. The first-order chi connectivity index (χ1) is 14.6. The number of rotatable bonds is 7. The van der Waals surface area contributed by atoms with Gasteiger partial charge in [-0.25, -0.2) is 0 Å². The molecule has 0 bridgehead atoms. The van der Waals surface area contributed by atoms with Crippen LogP contribution in [0.25, 0.3) is 0 Å². The lowest BCUT2D eigenvalue weighted by atomic mass is 9.87. The van der Waals surface area contributed by atoms with Crippen LogP contribution in [0.15, 0.2) is 60.7 Å². The van der Waals surface area contributed by atoms with Crippen LogP contribution in [-0.2, 0) is 13.0 Å². The summed E-state index contributed by atoms with van der Waals surface area (Å²) in [5, 5.41) is 0. The minimum atomic E-state index is 0.415. The van der Waals surface area contributed by atoms with Crippen LogP contribution in [0.4, 0.5) is 0 Å². The standard InChI is InChI=1S/C28H32O2/c1-5-29-24-15-20(4)28-23(16-24)11-13-25(28)22-12-14-27(26(17-22)19(2)3)30-18-21-9-7-6-8-10-21/h6-10,12,14-17,19,25H,5,11,13,18H2,1-4H3/t25-/m1/s1. The molecule has 3 aromatic carbocycles. The molecule has 0 fully saturated rings. The molecule has 2 heteroatoms. The summed E-state index contributed by atoms with van der Waals surface area (Å²) in [6.45, 7) is 10.1. The van der Waals surface area contributed by atoms with E-state index in [-0.39, 0.29) is 0 Å². The summed E-state index contributed by atoms with van der Waals surface area (Å²) in [6.07, 6.45) is 2.28. The zero-order valence-corrected chi connectivity index (χ0v) is 18.6. The van der Waals surface area contributed by atoms with Gasteiger partial charge in [-0.3, -0.25) is 0 Å². The van der Waals surface area contributed by atoms with Gasteiger partial charge in [-0.2, -0.15) is 0 Å². The maximum Gasteiger partial charge on any atom is 0.123 e. The third-order valence-corrected chi connectivity index (χ3v) is 6.10. The number of benzene rings is 3. The second-order valence-corrected chi connectivity index (χ2v) is 8.56. The first-order valence-corrected chi connectivity index (χ1v) is 11.1. The predicted molar refractivity (Wildman–Crippen MR) is 124 cm³/mol. The van der Waals surface area contributed by atoms with E-state index in [0.29, 0.717) is 25.0 Å². The van der Waals surface area contributed by atoms with E-state index in [2.05, 4.69) is 75.4 Å². The third kappa shape index (κ3) is 4.23. The number of hydrogen-bond donors (Lipinski definition) is 0. The normalized spacial score (nSPS) is 15.3. The van der Waals surface area contributed by atoms with Gasteiger partial charge in [0.1, 0.15) is 18.1 Å². The van der Waals surface area contributed by atoms with E-state index in [1.165, 1.54) is 33.4 Å². The monoisotopic (exact) mass is 400 g/mol. The number of fused-ring (bicyclic) bond motifs is 1. The summed E-state index contributed by atoms with van der Waals surface area (Å²) >= 11 is 0. The molecule has 2 nitrogen and oxygen atoms in total. The largest absolute Gasteiger partial charge is 0.494 e. The maximum atomic E-state index is 6.22. The van der Waals surface area contributed by atoms with E-state index in [9.17, 15) is 0 Å². The molecule has 156 valence electrons. The van der Waals surface area contributed by atoms with Crippen molar-refractivity contribution in [2.75, 3.05) is 6.61 Å². The van der Waals surface area contributed by atoms with Gasteiger partial charge >= 0.3 is 0 Å². The van der Waals surface area contributed by atoms with Crippen LogP contribution in [0, 0.1) is 6.92 Å². The van der Waals surface area contributed by atoms with Crippen LogP contribution >= 0.6 is 0 Å². The van der Waals surface area contributed by atoms with Gasteiger partial charge in [0.05, 0.1) is 6.61 Å². The molecule has 0 saturated heterocycles. The molecular formula is C28H32O2. The molecule has 0 amide bonds. The van der Waals surface area contributed by atoms with Crippen molar-refractivity contribution in [3.05, 3.63) is 94.0 Å². The van der Waals surface area contributed by atoms with E-state index in [1.807, 2.05) is 13.0 Å². The highest BCUT2D eigenvalue weighted by atomic mass is 16.5. The van der Waals surface area contributed by atoms with Crippen molar-refractivity contribution in [2.45, 2.75) is 59.0 Å². The Labute approximate surface area is 180 Å². The third-order valence-electron chi connectivity index (χ3n) is 6.10. The summed E-state index contributed by atoms with van der Waals surface area (Å²) in [6, 6.07) is 21.6. The molecule has 0 N–H and O–H groups in total. The van der Waals surface area contributed by atoms with Gasteiger partial charge in [0, 0.05) is 5.92 Å². The molecule has 0 aliphatic heterocycles. The lowest BCUT2D eigenvalue weighted by Gasteiger charge is -2.20. The minimum absolute atomic E-state index is 0.415. The maximum absolute atomic E-state index is 6.22. The first-order valence-electron chi connectivity index (χ1n) is 11.1. The SMILES string of the molecule is CCOc1cc(C)c2c(c1)CC[C@@H]2c1ccc(OCc2ccccc2)c(C(C)C)c1. The molecule has 30 heavy (non-hydrogen) atoms. The molecule has 1 aliphatic carbocycles. The molecule has 4 rings (SSSR count). The Kier molecular flexibility index (Phi) is 6.13. The molecule has 0 unspecified atom stereocenters. The molecule has 0 radical (unpaired) electrons. The van der Waals surface area contributed by atoms with Gasteiger partial charge in [0.2, 0.25) is 0 Å². The van der Waals surface area contributed by atoms with Crippen LogP contribution in [0.5, 0.6) is 11.5 Å². The second-order valence-electron chi connectivity index (χ2n) is 8.56. The summed E-state index contributed by atoms with van der Waals surface area (Å²) in [4.78, 5) is 0. The Morgan fingerprint density at radius 2 is 1.77 bits per heavy atom. The van der Waals surface area contributed by atoms with Crippen molar-refractivity contribution in [3.8, 4) is 11.5 Å². The Morgan fingerprint density at radius 1 is 0.967 bits per heavy atom. The van der Waals surface area contributed by atoms with Crippen LogP contribution in [0.2, 0.25) is 0 Å². The Hall–Kier alpha value is -2.74. The van der Waals surface area contributed by atoms with Crippen molar-refractivity contribution in [1.29, 1.82) is 0 Å². The average Bonchev–Trinajstić information content (AvgIpc) is 3.17. The highest BCUT2D eigenvalue weighted by Gasteiger charge is 2.27. The zero-order chi connectivity index (χ0) is 21.1. The van der Waals surface area contributed by atoms with Crippen molar-refractivity contribution in [2.24, 2.45) is 0 Å². The van der Waals surface area contributed by atoms with Gasteiger partial charge < -0.3 is 9.47 Å². The van der Waals surface area contributed by atoms with Crippen LogP contribution < -0.4 is 9.47 Å². The summed E-state index contributed by atoms with van der Waals surface area (Å²) in [5.41, 5.74) is 8.16. The molecule has 1 atom stereocenters. The molecule has 0 aromatic heterocycles. The van der Waals surface area contributed by atoms with E-state index in [0.717, 1.165) is 24.3 Å². The fourth-order valence-corrected chi connectivity index (χ4v) is 4.67. The number of hydrogen-bond acceptors (Lipinski definition) is 2. The molecular weight excluding hydrogens is 368 g/mol. The average molecular weight is 401 g/mol. The predicted octanol–water partition coefficient (Wildman–Crippen LogP) is 7.17. The van der Waals surface area contributed by atoms with Crippen molar-refractivity contribution < 1.29 is 9.47 Å². The molecule has 3 aromatic rings. The van der Waals surface area contributed by atoms with Gasteiger partial charge in [-0.1, -0.05) is 56.3 Å². The van der Waals surface area contributed by atoms with Crippen molar-refractivity contribution in [1.82, 2.24) is 0 Å². The Bertz CT molecular complexity index is 1000. The summed E-state index contributed by atoms with van der Waals surface area (Å²) in [5.74, 6) is 2.87. The molecule has 0 heterocycles. The van der Waals surface area contributed by atoms with Crippen LogP contribution in [-0.4, -0.2) is 6.61 Å². The van der Waals surface area contributed by atoms with E-state index in [4.69, 9.17) is 9.47 Å². The van der Waals surface area contributed by atoms with Gasteiger partial charge in [-0.15, -0.1) is 0 Å². The van der Waals surface area contributed by atoms with Gasteiger partial charge in [0.15, 0.2) is 0 Å². The second kappa shape index (κ2) is 8.95. The number of aryl methyl sites for hydroxylation is 2. The van der Waals surface area contributed by atoms with Crippen LogP contribution in [0.3, 0.4) is 0 Å². The van der Waals surface area contributed by atoms with E-state index < -0.39 is 0 Å². The van der Waals surface area contributed by atoms with E-state index in [1.54, 1.807) is 0 Å². The lowest BCUT2D eigenvalue weighted by molar-refractivity contribution is 0.301. The first kappa shape index (κ1) is 20.5. The van der Waals surface area contributed by atoms with Gasteiger partial charge in [0.25, 0.3) is 0 Å². The minimum Gasteiger partial charge on any atom is -0.494 e. The lowest BCUT2D eigenvalue weighted by Crippen LogP contribution is -2.04. The highest BCUT2D eigenvalue weighted by molar-refractivity contribution is 5.52. The fraction of sp³-hybridized carbons (Fsp3) is 0.357. The Morgan fingerprint density at radius 3 is 2.50 bits per heavy atom. The van der Waals surface area contributed by atoms with Crippen LogP contribution in [0.1, 0.15) is 72.4 Å². The molecule has 0 saturated carbocycles. The molecule has 1 aliphatic rings. The Balaban J connectivity index is 1.61. The van der Waals surface area contributed by atoms with Crippen molar-refractivity contribution >= 4 is 0 Å². The topological polar surface area (TPSA) is 18.5 Å². The van der Waals surface area contributed by atoms with Gasteiger partial charge in [-0.05, 0) is 84.2 Å². The zero-order valence-electron chi connectivity index (χ0n) is 18.6. The highest BCUT2D eigenvalue weighted by Crippen LogP contribution is 2.43.